The number of ether oxygens (including phenoxy) is 2. The predicted molar refractivity (Wildman–Crippen MR) is 79.0 cm³/mol. The molecule has 18 heavy (non-hydrogen) atoms. The van der Waals surface area contributed by atoms with Crippen molar-refractivity contribution < 1.29 is 9.47 Å². The van der Waals surface area contributed by atoms with Gasteiger partial charge in [-0.25, -0.2) is 0 Å². The van der Waals surface area contributed by atoms with Gasteiger partial charge in [-0.2, -0.15) is 0 Å². The van der Waals surface area contributed by atoms with Crippen molar-refractivity contribution >= 4 is 0 Å². The molecule has 110 valence electrons. The Balaban J connectivity index is 3.55. The highest BCUT2D eigenvalue weighted by Gasteiger charge is 2.23. The van der Waals surface area contributed by atoms with E-state index in [2.05, 4.69) is 20.8 Å². The summed E-state index contributed by atoms with van der Waals surface area (Å²) in [4.78, 5) is 0. The van der Waals surface area contributed by atoms with Crippen LogP contribution in [-0.4, -0.2) is 27.4 Å². The molecule has 0 aromatic rings. The van der Waals surface area contributed by atoms with Crippen molar-refractivity contribution in [1.82, 2.24) is 0 Å². The highest BCUT2D eigenvalue weighted by atomic mass is 16.5. The zero-order valence-corrected chi connectivity index (χ0v) is 13.3. The largest absolute Gasteiger partial charge is 0.384 e. The molecule has 0 rings (SSSR count). The first-order chi connectivity index (χ1) is 8.54. The zero-order chi connectivity index (χ0) is 13.9. The third kappa shape index (κ3) is 9.90. The summed E-state index contributed by atoms with van der Waals surface area (Å²) in [7, 11) is 3.56. The number of hydrogen-bond acceptors (Lipinski definition) is 2. The van der Waals surface area contributed by atoms with E-state index in [1.165, 1.54) is 44.9 Å². The molecule has 0 atom stereocenters. The molecular formula is C16H34O2. The number of hydrogen-bond donors (Lipinski definition) is 0. The van der Waals surface area contributed by atoms with E-state index in [9.17, 15) is 0 Å². The molecule has 0 amide bonds. The highest BCUT2D eigenvalue weighted by Crippen LogP contribution is 2.25. The fraction of sp³-hybridized carbons (Fsp3) is 1.00. The lowest BCUT2D eigenvalue weighted by molar-refractivity contribution is 0.0151. The fourth-order valence-corrected chi connectivity index (χ4v) is 2.52. The average molecular weight is 258 g/mol. The fourth-order valence-electron chi connectivity index (χ4n) is 2.52. The van der Waals surface area contributed by atoms with E-state index in [0.717, 1.165) is 19.1 Å². The molecule has 2 nitrogen and oxygen atoms in total. The smallest absolute Gasteiger partial charge is 0.0538 e. The molecule has 0 aromatic heterocycles. The summed E-state index contributed by atoms with van der Waals surface area (Å²) in [6.45, 7) is 8.48. The minimum atomic E-state index is 0.196. The van der Waals surface area contributed by atoms with E-state index < -0.39 is 0 Å². The van der Waals surface area contributed by atoms with Crippen molar-refractivity contribution in [3.63, 3.8) is 0 Å². The molecule has 0 bridgehead atoms. The van der Waals surface area contributed by atoms with Crippen LogP contribution in [0, 0.1) is 11.3 Å². The second-order valence-corrected chi connectivity index (χ2v) is 6.38. The van der Waals surface area contributed by atoms with Crippen molar-refractivity contribution in [2.24, 2.45) is 11.3 Å². The summed E-state index contributed by atoms with van der Waals surface area (Å²) in [5, 5.41) is 0. The first kappa shape index (κ1) is 17.9. The van der Waals surface area contributed by atoms with E-state index in [1.54, 1.807) is 14.2 Å². The summed E-state index contributed by atoms with van der Waals surface area (Å²) in [6.07, 6.45) is 9.40. The third-order valence-electron chi connectivity index (χ3n) is 3.55. The minimum Gasteiger partial charge on any atom is -0.384 e. The second kappa shape index (κ2) is 10.8. The van der Waals surface area contributed by atoms with Crippen LogP contribution in [0.2, 0.25) is 0 Å². The Bertz CT molecular complexity index is 172. The Morgan fingerprint density at radius 1 is 0.833 bits per heavy atom. The van der Waals surface area contributed by atoms with Crippen LogP contribution in [0.3, 0.4) is 0 Å². The van der Waals surface area contributed by atoms with Gasteiger partial charge in [-0.05, 0) is 12.3 Å². The topological polar surface area (TPSA) is 18.5 Å². The zero-order valence-electron chi connectivity index (χ0n) is 13.3. The minimum absolute atomic E-state index is 0.196. The number of methoxy groups -OCH3 is 2. The highest BCUT2D eigenvalue weighted by molar-refractivity contribution is 4.73. The van der Waals surface area contributed by atoms with Gasteiger partial charge in [0.2, 0.25) is 0 Å². The van der Waals surface area contributed by atoms with Gasteiger partial charge in [0.05, 0.1) is 13.2 Å². The molecule has 0 saturated carbocycles. The van der Waals surface area contributed by atoms with Crippen molar-refractivity contribution in [3.8, 4) is 0 Å². The first-order valence-electron chi connectivity index (χ1n) is 7.52. The molecular weight excluding hydrogens is 224 g/mol. The summed E-state index contributed by atoms with van der Waals surface area (Å²) in [5.74, 6) is 0.858. The predicted octanol–water partition coefficient (Wildman–Crippen LogP) is 4.67. The molecule has 0 radical (unpaired) electrons. The van der Waals surface area contributed by atoms with Crippen molar-refractivity contribution in [3.05, 3.63) is 0 Å². The first-order valence-corrected chi connectivity index (χ1v) is 7.52. The summed E-state index contributed by atoms with van der Waals surface area (Å²) in [5.41, 5.74) is 0.196. The maximum Gasteiger partial charge on any atom is 0.0538 e. The SMILES string of the molecule is COCC(C)(CCCCCCCC(C)C)COC. The normalized spacial score (nSPS) is 12.3. The standard InChI is InChI=1S/C16H34O2/c1-15(2)11-9-7-6-8-10-12-16(3,13-17-4)14-18-5/h15H,6-14H2,1-5H3. The molecule has 0 fully saturated rings. The molecule has 0 heterocycles. The van der Waals surface area contributed by atoms with Gasteiger partial charge in [0.25, 0.3) is 0 Å². The Hall–Kier alpha value is -0.0800. The molecule has 0 spiro atoms. The third-order valence-corrected chi connectivity index (χ3v) is 3.55. The van der Waals surface area contributed by atoms with Crippen molar-refractivity contribution in [2.45, 2.75) is 65.7 Å². The quantitative estimate of drug-likeness (QED) is 0.473. The van der Waals surface area contributed by atoms with Crippen LogP contribution < -0.4 is 0 Å². The Kier molecular flexibility index (Phi) is 10.8. The molecule has 0 aliphatic heterocycles. The van der Waals surface area contributed by atoms with Gasteiger partial charge < -0.3 is 9.47 Å². The van der Waals surface area contributed by atoms with E-state index >= 15 is 0 Å². The number of rotatable bonds is 12. The van der Waals surface area contributed by atoms with Gasteiger partial charge >= 0.3 is 0 Å². The molecule has 0 N–H and O–H groups in total. The van der Waals surface area contributed by atoms with Crippen LogP contribution in [0.15, 0.2) is 0 Å². The lowest BCUT2D eigenvalue weighted by atomic mass is 9.86. The van der Waals surface area contributed by atoms with E-state index in [1.807, 2.05) is 0 Å². The van der Waals surface area contributed by atoms with Gasteiger partial charge in [-0.1, -0.05) is 59.3 Å². The molecule has 2 heteroatoms. The van der Waals surface area contributed by atoms with Crippen LogP contribution in [0.5, 0.6) is 0 Å². The Morgan fingerprint density at radius 3 is 1.83 bits per heavy atom. The lowest BCUT2D eigenvalue weighted by Gasteiger charge is -2.27. The Labute approximate surface area is 114 Å². The maximum atomic E-state index is 5.30. The second-order valence-electron chi connectivity index (χ2n) is 6.38. The van der Waals surface area contributed by atoms with Crippen LogP contribution in [0.4, 0.5) is 0 Å². The average Bonchev–Trinajstić information content (AvgIpc) is 2.28. The molecule has 0 saturated heterocycles. The monoisotopic (exact) mass is 258 g/mol. The summed E-state index contributed by atoms with van der Waals surface area (Å²) in [6, 6.07) is 0. The summed E-state index contributed by atoms with van der Waals surface area (Å²) >= 11 is 0. The van der Waals surface area contributed by atoms with Gasteiger partial charge in [0.1, 0.15) is 0 Å². The van der Waals surface area contributed by atoms with Crippen LogP contribution in [0.1, 0.15) is 65.7 Å². The number of unbranched alkanes of at least 4 members (excludes halogenated alkanes) is 4. The maximum absolute atomic E-state index is 5.30. The van der Waals surface area contributed by atoms with E-state index in [-0.39, 0.29) is 5.41 Å². The van der Waals surface area contributed by atoms with Crippen molar-refractivity contribution in [1.29, 1.82) is 0 Å². The van der Waals surface area contributed by atoms with Gasteiger partial charge in [0.15, 0.2) is 0 Å². The summed E-state index contributed by atoms with van der Waals surface area (Å²) < 4.78 is 10.6. The van der Waals surface area contributed by atoms with Crippen LogP contribution in [-0.2, 0) is 9.47 Å². The lowest BCUT2D eigenvalue weighted by Crippen LogP contribution is -2.28. The van der Waals surface area contributed by atoms with Crippen molar-refractivity contribution in [2.75, 3.05) is 27.4 Å². The van der Waals surface area contributed by atoms with Crippen LogP contribution in [0.25, 0.3) is 0 Å². The van der Waals surface area contributed by atoms with E-state index in [4.69, 9.17) is 9.47 Å². The van der Waals surface area contributed by atoms with E-state index in [0.29, 0.717) is 0 Å². The molecule has 0 aliphatic carbocycles. The van der Waals surface area contributed by atoms with Crippen LogP contribution >= 0.6 is 0 Å². The molecule has 0 aliphatic rings. The van der Waals surface area contributed by atoms with Gasteiger partial charge in [-0.3, -0.25) is 0 Å². The molecule has 0 unspecified atom stereocenters. The molecule has 0 aromatic carbocycles. The van der Waals surface area contributed by atoms with Gasteiger partial charge in [0, 0.05) is 19.6 Å². The Morgan fingerprint density at radius 2 is 1.33 bits per heavy atom. The van der Waals surface area contributed by atoms with Gasteiger partial charge in [-0.15, -0.1) is 0 Å².